The number of anilines is 1. The molecule has 0 atom stereocenters. The second-order valence-electron chi connectivity index (χ2n) is 5.24. The SMILES string of the molecule is Cc1cc(Sc2ncccn2)ccc1NC(=O)CCc1ccco1. The van der Waals surface area contributed by atoms with E-state index >= 15 is 0 Å². The third-order valence-corrected chi connectivity index (χ3v) is 4.28. The van der Waals surface area contributed by atoms with Crippen LogP contribution in [0.5, 0.6) is 0 Å². The summed E-state index contributed by atoms with van der Waals surface area (Å²) in [4.78, 5) is 21.5. The third-order valence-electron chi connectivity index (χ3n) is 3.40. The van der Waals surface area contributed by atoms with E-state index in [-0.39, 0.29) is 5.91 Å². The van der Waals surface area contributed by atoms with E-state index in [0.29, 0.717) is 18.0 Å². The molecule has 6 heteroatoms. The lowest BCUT2D eigenvalue weighted by molar-refractivity contribution is -0.116. The molecule has 24 heavy (non-hydrogen) atoms. The Hall–Kier alpha value is -2.60. The third kappa shape index (κ3) is 4.45. The van der Waals surface area contributed by atoms with Crippen molar-refractivity contribution in [1.29, 1.82) is 0 Å². The molecule has 0 spiro atoms. The maximum Gasteiger partial charge on any atom is 0.224 e. The fourth-order valence-corrected chi connectivity index (χ4v) is 3.00. The second-order valence-corrected chi connectivity index (χ2v) is 6.28. The van der Waals surface area contributed by atoms with Crippen molar-refractivity contribution in [1.82, 2.24) is 9.97 Å². The number of hydrogen-bond acceptors (Lipinski definition) is 5. The van der Waals surface area contributed by atoms with Crippen LogP contribution in [-0.4, -0.2) is 15.9 Å². The quantitative estimate of drug-likeness (QED) is 0.685. The Morgan fingerprint density at radius 3 is 2.75 bits per heavy atom. The van der Waals surface area contributed by atoms with Crippen molar-refractivity contribution in [3.05, 3.63) is 66.4 Å². The molecule has 0 saturated heterocycles. The number of carbonyl (C=O) groups excluding carboxylic acids is 1. The van der Waals surface area contributed by atoms with Gasteiger partial charge in [0.25, 0.3) is 0 Å². The monoisotopic (exact) mass is 339 g/mol. The molecule has 1 amide bonds. The predicted molar refractivity (Wildman–Crippen MR) is 93.0 cm³/mol. The average Bonchev–Trinajstić information content (AvgIpc) is 3.10. The van der Waals surface area contributed by atoms with Gasteiger partial charge < -0.3 is 9.73 Å². The first-order chi connectivity index (χ1) is 11.7. The molecule has 5 nitrogen and oxygen atoms in total. The zero-order chi connectivity index (χ0) is 16.8. The van der Waals surface area contributed by atoms with Gasteiger partial charge in [-0.2, -0.15) is 0 Å². The first kappa shape index (κ1) is 16.3. The van der Waals surface area contributed by atoms with Crippen molar-refractivity contribution in [3.8, 4) is 0 Å². The van der Waals surface area contributed by atoms with E-state index in [9.17, 15) is 4.79 Å². The van der Waals surface area contributed by atoms with Crippen LogP contribution in [0.15, 0.2) is 69.5 Å². The minimum absolute atomic E-state index is 0.0266. The molecular weight excluding hydrogens is 322 g/mol. The lowest BCUT2D eigenvalue weighted by Crippen LogP contribution is -2.13. The number of benzene rings is 1. The molecule has 0 radical (unpaired) electrons. The number of amides is 1. The molecule has 2 heterocycles. The van der Waals surface area contributed by atoms with Crippen LogP contribution in [0.1, 0.15) is 17.7 Å². The highest BCUT2D eigenvalue weighted by Crippen LogP contribution is 2.27. The lowest BCUT2D eigenvalue weighted by Gasteiger charge is -2.09. The number of aromatic nitrogens is 2. The van der Waals surface area contributed by atoms with Crippen LogP contribution in [0.4, 0.5) is 5.69 Å². The molecule has 1 N–H and O–H groups in total. The largest absolute Gasteiger partial charge is 0.469 e. The number of furan rings is 1. The maximum absolute atomic E-state index is 12.1. The predicted octanol–water partition coefficient (Wildman–Crippen LogP) is 4.10. The van der Waals surface area contributed by atoms with Gasteiger partial charge in [-0.15, -0.1) is 0 Å². The van der Waals surface area contributed by atoms with Gasteiger partial charge in [0.2, 0.25) is 5.91 Å². The molecule has 2 aromatic heterocycles. The van der Waals surface area contributed by atoms with Gasteiger partial charge in [-0.1, -0.05) is 0 Å². The normalized spacial score (nSPS) is 10.5. The van der Waals surface area contributed by atoms with Crippen molar-refractivity contribution in [2.45, 2.75) is 29.8 Å². The Labute approximate surface area is 144 Å². The second kappa shape index (κ2) is 7.79. The molecule has 0 aliphatic carbocycles. The zero-order valence-electron chi connectivity index (χ0n) is 13.2. The van der Waals surface area contributed by atoms with Crippen LogP contribution in [0.3, 0.4) is 0 Å². The Morgan fingerprint density at radius 1 is 1.21 bits per heavy atom. The minimum Gasteiger partial charge on any atom is -0.469 e. The Morgan fingerprint density at radius 2 is 2.04 bits per heavy atom. The van der Waals surface area contributed by atoms with Gasteiger partial charge in [-0.25, -0.2) is 9.97 Å². The molecule has 3 aromatic rings. The van der Waals surface area contributed by atoms with E-state index in [1.807, 2.05) is 37.3 Å². The van der Waals surface area contributed by atoms with Crippen LogP contribution in [-0.2, 0) is 11.2 Å². The number of nitrogens with zero attached hydrogens (tertiary/aromatic N) is 2. The fourth-order valence-electron chi connectivity index (χ4n) is 2.19. The molecule has 3 rings (SSSR count). The van der Waals surface area contributed by atoms with E-state index in [4.69, 9.17) is 4.42 Å². The molecule has 0 fully saturated rings. The summed E-state index contributed by atoms with van der Waals surface area (Å²) < 4.78 is 5.24. The Bertz CT molecular complexity index is 804. The molecule has 0 bridgehead atoms. The molecule has 0 saturated carbocycles. The van der Waals surface area contributed by atoms with Gasteiger partial charge in [-0.3, -0.25) is 4.79 Å². The smallest absolute Gasteiger partial charge is 0.224 e. The summed E-state index contributed by atoms with van der Waals surface area (Å²) in [5, 5.41) is 3.64. The number of rotatable bonds is 6. The van der Waals surface area contributed by atoms with Gasteiger partial charge >= 0.3 is 0 Å². The number of aryl methyl sites for hydroxylation is 2. The summed E-state index contributed by atoms with van der Waals surface area (Å²) in [5.74, 6) is 0.790. The zero-order valence-corrected chi connectivity index (χ0v) is 14.0. The van der Waals surface area contributed by atoms with Crippen LogP contribution in [0.2, 0.25) is 0 Å². The highest BCUT2D eigenvalue weighted by Gasteiger charge is 2.08. The van der Waals surface area contributed by atoms with Gasteiger partial charge in [0.15, 0.2) is 5.16 Å². The number of nitrogens with one attached hydrogen (secondary N) is 1. The highest BCUT2D eigenvalue weighted by atomic mass is 32.2. The Kier molecular flexibility index (Phi) is 5.28. The summed E-state index contributed by atoms with van der Waals surface area (Å²) in [6.45, 7) is 1.97. The van der Waals surface area contributed by atoms with Gasteiger partial charge in [0.1, 0.15) is 5.76 Å². The lowest BCUT2D eigenvalue weighted by atomic mass is 10.2. The average molecular weight is 339 g/mol. The van der Waals surface area contributed by atoms with E-state index < -0.39 is 0 Å². The van der Waals surface area contributed by atoms with Crippen LogP contribution in [0.25, 0.3) is 0 Å². The van der Waals surface area contributed by atoms with E-state index in [1.54, 1.807) is 24.7 Å². The van der Waals surface area contributed by atoms with Crippen LogP contribution < -0.4 is 5.32 Å². The summed E-state index contributed by atoms with van der Waals surface area (Å²) >= 11 is 1.49. The summed E-state index contributed by atoms with van der Waals surface area (Å²) in [5.41, 5.74) is 1.82. The standard InChI is InChI=1S/C18H17N3O2S/c1-13-12-15(24-18-19-9-3-10-20-18)6-7-16(13)21-17(22)8-5-14-4-2-11-23-14/h2-4,6-7,9-12H,5,8H2,1H3,(H,21,22). The molecule has 0 unspecified atom stereocenters. The van der Waals surface area contributed by atoms with E-state index in [0.717, 1.165) is 21.9 Å². The first-order valence-corrected chi connectivity index (χ1v) is 8.40. The highest BCUT2D eigenvalue weighted by molar-refractivity contribution is 7.99. The summed E-state index contributed by atoms with van der Waals surface area (Å²) in [6.07, 6.45) is 6.04. The summed E-state index contributed by atoms with van der Waals surface area (Å²) in [7, 11) is 0. The van der Waals surface area contributed by atoms with Crippen molar-refractivity contribution >= 4 is 23.4 Å². The number of hydrogen-bond donors (Lipinski definition) is 1. The minimum atomic E-state index is -0.0266. The Balaban J connectivity index is 1.59. The van der Waals surface area contributed by atoms with Crippen molar-refractivity contribution in [2.75, 3.05) is 5.32 Å². The van der Waals surface area contributed by atoms with Crippen LogP contribution >= 0.6 is 11.8 Å². The van der Waals surface area contributed by atoms with Crippen molar-refractivity contribution in [2.24, 2.45) is 0 Å². The summed E-state index contributed by atoms with van der Waals surface area (Å²) in [6, 6.07) is 11.4. The maximum atomic E-state index is 12.1. The molecular formula is C18H17N3O2S. The number of carbonyl (C=O) groups is 1. The molecule has 0 aliphatic heterocycles. The fraction of sp³-hybridized carbons (Fsp3) is 0.167. The topological polar surface area (TPSA) is 68.0 Å². The van der Waals surface area contributed by atoms with Gasteiger partial charge in [0, 0.05) is 35.8 Å². The first-order valence-electron chi connectivity index (χ1n) is 7.58. The van der Waals surface area contributed by atoms with E-state index in [2.05, 4.69) is 15.3 Å². The van der Waals surface area contributed by atoms with Crippen LogP contribution in [0, 0.1) is 6.92 Å². The molecule has 0 aliphatic rings. The van der Waals surface area contributed by atoms with Gasteiger partial charge in [-0.05, 0) is 60.6 Å². The molecule has 1 aromatic carbocycles. The van der Waals surface area contributed by atoms with Crippen molar-refractivity contribution < 1.29 is 9.21 Å². The molecule has 122 valence electrons. The van der Waals surface area contributed by atoms with E-state index in [1.165, 1.54) is 11.8 Å². The van der Waals surface area contributed by atoms with Crippen molar-refractivity contribution in [3.63, 3.8) is 0 Å². The van der Waals surface area contributed by atoms with Gasteiger partial charge in [0.05, 0.1) is 6.26 Å².